The third-order valence-electron chi connectivity index (χ3n) is 2.95. The van der Waals surface area contributed by atoms with E-state index < -0.39 is 10.0 Å². The van der Waals surface area contributed by atoms with Crippen molar-refractivity contribution >= 4 is 37.0 Å². The minimum atomic E-state index is -3.79. The maximum Gasteiger partial charge on any atom is 0.283 e. The fraction of sp³-hybridized carbons (Fsp3) is 0.0769. The molecule has 2 heterocycles. The fourth-order valence-corrected chi connectivity index (χ4v) is 3.77. The lowest BCUT2D eigenvalue weighted by Gasteiger charge is -2.06. The quantitative estimate of drug-likeness (QED) is 0.710. The summed E-state index contributed by atoms with van der Waals surface area (Å²) in [5.74, 6) is 0.585. The van der Waals surface area contributed by atoms with Gasteiger partial charge in [-0.15, -0.1) is 5.10 Å². The summed E-state index contributed by atoms with van der Waals surface area (Å²) < 4.78 is 31.7. The van der Waals surface area contributed by atoms with Crippen molar-refractivity contribution in [1.82, 2.24) is 14.2 Å². The fourth-order valence-electron chi connectivity index (χ4n) is 1.92. The Labute approximate surface area is 129 Å². The van der Waals surface area contributed by atoms with Crippen LogP contribution in [0.5, 0.6) is 5.75 Å². The van der Waals surface area contributed by atoms with Gasteiger partial charge < -0.3 is 4.74 Å². The number of halogens is 1. The molecule has 0 aliphatic carbocycles. The van der Waals surface area contributed by atoms with Gasteiger partial charge in [0, 0.05) is 6.20 Å². The molecule has 0 atom stereocenters. The number of nitrogens with zero attached hydrogens (tertiary/aromatic N) is 3. The Balaban J connectivity index is 2.20. The van der Waals surface area contributed by atoms with E-state index in [-0.39, 0.29) is 4.90 Å². The zero-order valence-electron chi connectivity index (χ0n) is 10.9. The lowest BCUT2D eigenvalue weighted by molar-refractivity contribution is 0.414. The van der Waals surface area contributed by atoms with Crippen LogP contribution in [0.15, 0.2) is 52.1 Å². The number of pyridine rings is 1. The van der Waals surface area contributed by atoms with Crippen LogP contribution in [0.2, 0.25) is 0 Å². The molecule has 0 fully saturated rings. The normalized spacial score (nSPS) is 11.7. The minimum absolute atomic E-state index is 0.129. The van der Waals surface area contributed by atoms with Crippen molar-refractivity contribution in [2.24, 2.45) is 0 Å². The van der Waals surface area contributed by atoms with E-state index in [2.05, 4.69) is 26.0 Å². The van der Waals surface area contributed by atoms with Gasteiger partial charge >= 0.3 is 0 Å². The second-order valence-electron chi connectivity index (χ2n) is 4.19. The number of hydrogen-bond acceptors (Lipinski definition) is 5. The van der Waals surface area contributed by atoms with Gasteiger partial charge in [-0.25, -0.2) is 0 Å². The Hall–Kier alpha value is -1.93. The second kappa shape index (κ2) is 5.12. The SMILES string of the molecule is COc1ccc(S(=O)(=O)n2nc(Br)c3ncccc32)cc1. The van der Waals surface area contributed by atoms with Crippen molar-refractivity contribution in [2.45, 2.75) is 4.90 Å². The van der Waals surface area contributed by atoms with E-state index in [4.69, 9.17) is 4.74 Å². The van der Waals surface area contributed by atoms with Gasteiger partial charge in [-0.3, -0.25) is 4.98 Å². The third kappa shape index (κ3) is 2.30. The zero-order valence-corrected chi connectivity index (χ0v) is 13.3. The maximum atomic E-state index is 12.7. The summed E-state index contributed by atoms with van der Waals surface area (Å²) in [6.07, 6.45) is 1.58. The lowest BCUT2D eigenvalue weighted by Crippen LogP contribution is -2.14. The van der Waals surface area contributed by atoms with Gasteiger partial charge in [0.2, 0.25) is 0 Å². The number of aromatic nitrogens is 3. The van der Waals surface area contributed by atoms with Gasteiger partial charge in [0.15, 0.2) is 4.60 Å². The van der Waals surface area contributed by atoms with Crippen LogP contribution in [0.4, 0.5) is 0 Å². The highest BCUT2D eigenvalue weighted by Gasteiger charge is 2.22. The van der Waals surface area contributed by atoms with E-state index in [0.717, 1.165) is 4.09 Å². The summed E-state index contributed by atoms with van der Waals surface area (Å²) in [6, 6.07) is 9.45. The molecule has 21 heavy (non-hydrogen) atoms. The molecule has 0 aliphatic rings. The van der Waals surface area contributed by atoms with E-state index in [1.54, 1.807) is 30.5 Å². The molecule has 0 spiro atoms. The van der Waals surface area contributed by atoms with Crippen molar-refractivity contribution in [3.8, 4) is 5.75 Å². The van der Waals surface area contributed by atoms with Crippen molar-refractivity contribution in [2.75, 3.05) is 7.11 Å². The van der Waals surface area contributed by atoms with Gasteiger partial charge in [-0.05, 0) is 52.3 Å². The highest BCUT2D eigenvalue weighted by molar-refractivity contribution is 9.10. The van der Waals surface area contributed by atoms with Gasteiger partial charge in [0.1, 0.15) is 16.8 Å². The van der Waals surface area contributed by atoms with Crippen LogP contribution < -0.4 is 4.74 Å². The Morgan fingerprint density at radius 2 is 1.90 bits per heavy atom. The first-order valence-electron chi connectivity index (χ1n) is 5.93. The molecule has 8 heteroatoms. The van der Waals surface area contributed by atoms with Gasteiger partial charge in [0.05, 0.1) is 12.0 Å². The standard InChI is InChI=1S/C13H10BrN3O3S/c1-20-9-4-6-10(7-5-9)21(18,19)17-11-3-2-8-15-12(11)13(14)16-17/h2-8H,1H3. The highest BCUT2D eigenvalue weighted by atomic mass is 79.9. The van der Waals surface area contributed by atoms with Gasteiger partial charge in [-0.2, -0.15) is 12.5 Å². The Morgan fingerprint density at radius 3 is 2.57 bits per heavy atom. The third-order valence-corrected chi connectivity index (χ3v) is 5.09. The predicted octanol–water partition coefficient (Wildman–Crippen LogP) is 2.44. The number of ether oxygens (including phenoxy) is 1. The average molecular weight is 368 g/mol. The molecule has 0 saturated carbocycles. The summed E-state index contributed by atoms with van der Waals surface area (Å²) in [7, 11) is -2.27. The first-order valence-corrected chi connectivity index (χ1v) is 8.16. The van der Waals surface area contributed by atoms with Crippen LogP contribution in [-0.4, -0.2) is 29.7 Å². The maximum absolute atomic E-state index is 12.7. The molecule has 0 unspecified atom stereocenters. The van der Waals surface area contributed by atoms with Crippen molar-refractivity contribution < 1.29 is 13.2 Å². The van der Waals surface area contributed by atoms with Crippen LogP contribution in [0, 0.1) is 0 Å². The molecule has 0 radical (unpaired) electrons. The van der Waals surface area contributed by atoms with E-state index in [9.17, 15) is 8.42 Å². The average Bonchev–Trinajstić information content (AvgIpc) is 2.86. The molecule has 2 aromatic heterocycles. The first kappa shape index (κ1) is 14.0. The molecule has 0 aliphatic heterocycles. The van der Waals surface area contributed by atoms with Crippen LogP contribution in [0.3, 0.4) is 0 Å². The number of benzene rings is 1. The number of rotatable bonds is 3. The minimum Gasteiger partial charge on any atom is -0.497 e. The summed E-state index contributed by atoms with van der Waals surface area (Å²) in [6.45, 7) is 0. The molecule has 0 amide bonds. The molecule has 3 rings (SSSR count). The summed E-state index contributed by atoms with van der Waals surface area (Å²) in [5.41, 5.74) is 0.912. The van der Waals surface area contributed by atoms with E-state index in [1.807, 2.05) is 0 Å². The van der Waals surface area contributed by atoms with E-state index >= 15 is 0 Å². The van der Waals surface area contributed by atoms with Crippen molar-refractivity contribution in [3.63, 3.8) is 0 Å². The smallest absolute Gasteiger partial charge is 0.283 e. The largest absolute Gasteiger partial charge is 0.497 e. The summed E-state index contributed by atoms with van der Waals surface area (Å²) >= 11 is 3.23. The van der Waals surface area contributed by atoms with Gasteiger partial charge in [-0.1, -0.05) is 0 Å². The first-order chi connectivity index (χ1) is 10.0. The zero-order chi connectivity index (χ0) is 15.0. The van der Waals surface area contributed by atoms with Crippen LogP contribution in [0.1, 0.15) is 0 Å². The second-order valence-corrected chi connectivity index (χ2v) is 6.70. The molecule has 108 valence electrons. The number of methoxy groups -OCH3 is 1. The van der Waals surface area contributed by atoms with E-state index in [0.29, 0.717) is 21.4 Å². The van der Waals surface area contributed by atoms with Crippen molar-refractivity contribution in [1.29, 1.82) is 0 Å². The molecule has 1 aromatic carbocycles. The lowest BCUT2D eigenvalue weighted by atomic mass is 10.3. The van der Waals surface area contributed by atoms with Gasteiger partial charge in [0.25, 0.3) is 10.0 Å². The van der Waals surface area contributed by atoms with Crippen LogP contribution >= 0.6 is 15.9 Å². The molecule has 6 nitrogen and oxygen atoms in total. The number of fused-ring (bicyclic) bond motifs is 1. The summed E-state index contributed by atoms with van der Waals surface area (Å²) in [5, 5.41) is 4.03. The molecule has 0 saturated heterocycles. The molecular formula is C13H10BrN3O3S. The number of hydrogen-bond donors (Lipinski definition) is 0. The molecule has 3 aromatic rings. The summed E-state index contributed by atoms with van der Waals surface area (Å²) in [4.78, 5) is 4.25. The Kier molecular flexibility index (Phi) is 3.42. The Morgan fingerprint density at radius 1 is 1.19 bits per heavy atom. The molecule has 0 bridgehead atoms. The topological polar surface area (TPSA) is 74.1 Å². The van der Waals surface area contributed by atoms with Crippen LogP contribution in [-0.2, 0) is 10.0 Å². The van der Waals surface area contributed by atoms with Crippen molar-refractivity contribution in [3.05, 3.63) is 47.2 Å². The molecular weight excluding hydrogens is 358 g/mol. The predicted molar refractivity (Wildman–Crippen MR) is 80.8 cm³/mol. The van der Waals surface area contributed by atoms with Crippen LogP contribution in [0.25, 0.3) is 11.0 Å². The highest BCUT2D eigenvalue weighted by Crippen LogP contribution is 2.25. The monoisotopic (exact) mass is 367 g/mol. The Bertz CT molecular complexity index is 904. The molecule has 0 N–H and O–H groups in total. The van der Waals surface area contributed by atoms with E-state index in [1.165, 1.54) is 19.2 Å².